The lowest BCUT2D eigenvalue weighted by Gasteiger charge is -2.34. The van der Waals surface area contributed by atoms with Gasteiger partial charge in [0.05, 0.1) is 11.3 Å². The topological polar surface area (TPSA) is 41.9 Å². The number of halogens is 4. The Morgan fingerprint density at radius 3 is 2.53 bits per heavy atom. The number of ether oxygens (including phenoxy) is 1. The second kappa shape index (κ2) is 8.89. The first kappa shape index (κ1) is 22.5. The number of nitrogens with zero attached hydrogens (tertiary/aromatic N) is 2. The zero-order valence-electron chi connectivity index (χ0n) is 16.4. The van der Waals surface area contributed by atoms with Gasteiger partial charge in [-0.1, -0.05) is 29.4 Å². The Morgan fingerprint density at radius 2 is 1.87 bits per heavy atom. The van der Waals surface area contributed by atoms with Gasteiger partial charge in [0.15, 0.2) is 10.8 Å². The van der Waals surface area contributed by atoms with Crippen LogP contribution in [0.1, 0.15) is 25.8 Å². The van der Waals surface area contributed by atoms with Crippen molar-refractivity contribution in [1.29, 1.82) is 0 Å². The average molecular weight is 457 g/mol. The van der Waals surface area contributed by atoms with E-state index in [1.807, 2.05) is 0 Å². The molecule has 0 spiro atoms. The SMILES string of the molecule is CC(C)(Oc1ccc(Cl)cc1)C(=O)N1CCCSC1=Nc1cccc(C(F)(F)F)c1. The maximum absolute atomic E-state index is 13.2. The summed E-state index contributed by atoms with van der Waals surface area (Å²) in [6.45, 7) is 3.70. The zero-order valence-corrected chi connectivity index (χ0v) is 17.9. The molecule has 9 heteroatoms. The fourth-order valence-corrected chi connectivity index (χ4v) is 3.95. The fraction of sp³-hybridized carbons (Fsp3) is 0.333. The summed E-state index contributed by atoms with van der Waals surface area (Å²) >= 11 is 7.22. The van der Waals surface area contributed by atoms with E-state index in [9.17, 15) is 18.0 Å². The highest BCUT2D eigenvalue weighted by atomic mass is 35.5. The van der Waals surface area contributed by atoms with Gasteiger partial charge in [-0.15, -0.1) is 0 Å². The van der Waals surface area contributed by atoms with Gasteiger partial charge >= 0.3 is 6.18 Å². The second-order valence-corrected chi connectivity index (χ2v) is 8.67. The van der Waals surface area contributed by atoms with E-state index in [2.05, 4.69) is 4.99 Å². The lowest BCUT2D eigenvalue weighted by molar-refractivity contribution is -0.141. The third-order valence-corrected chi connectivity index (χ3v) is 5.65. The van der Waals surface area contributed by atoms with Crippen LogP contribution in [0, 0.1) is 0 Å². The largest absolute Gasteiger partial charge is 0.478 e. The average Bonchev–Trinajstić information content (AvgIpc) is 2.69. The van der Waals surface area contributed by atoms with E-state index in [0.29, 0.717) is 22.5 Å². The van der Waals surface area contributed by atoms with Gasteiger partial charge in [-0.3, -0.25) is 9.69 Å². The number of amidine groups is 1. The molecule has 0 atom stereocenters. The molecule has 1 aliphatic rings. The van der Waals surface area contributed by atoms with Crippen LogP contribution in [-0.2, 0) is 11.0 Å². The Labute approximate surface area is 182 Å². The molecular weight excluding hydrogens is 437 g/mol. The molecule has 160 valence electrons. The predicted molar refractivity (Wildman–Crippen MR) is 113 cm³/mol. The Kier molecular flexibility index (Phi) is 6.67. The molecule has 1 saturated heterocycles. The molecule has 2 aromatic rings. The minimum absolute atomic E-state index is 0.142. The molecule has 3 rings (SSSR count). The van der Waals surface area contributed by atoms with Crippen molar-refractivity contribution in [3.05, 3.63) is 59.1 Å². The summed E-state index contributed by atoms with van der Waals surface area (Å²) in [5.41, 5.74) is -1.85. The van der Waals surface area contributed by atoms with Crippen molar-refractivity contribution in [3.8, 4) is 5.75 Å². The van der Waals surface area contributed by atoms with Gasteiger partial charge in [0.1, 0.15) is 5.75 Å². The van der Waals surface area contributed by atoms with E-state index in [-0.39, 0.29) is 11.6 Å². The summed E-state index contributed by atoms with van der Waals surface area (Å²) in [4.78, 5) is 19.0. The number of carbonyl (C=O) groups is 1. The van der Waals surface area contributed by atoms with Crippen molar-refractivity contribution in [2.24, 2.45) is 4.99 Å². The number of amides is 1. The van der Waals surface area contributed by atoms with Crippen LogP contribution >= 0.6 is 23.4 Å². The van der Waals surface area contributed by atoms with Crippen molar-refractivity contribution in [2.75, 3.05) is 12.3 Å². The normalized spacial score (nSPS) is 16.6. The number of thioether (sulfide) groups is 1. The number of alkyl halides is 3. The van der Waals surface area contributed by atoms with Gasteiger partial charge in [-0.05, 0) is 62.7 Å². The van der Waals surface area contributed by atoms with Crippen molar-refractivity contribution < 1.29 is 22.7 Å². The molecule has 4 nitrogen and oxygen atoms in total. The monoisotopic (exact) mass is 456 g/mol. The van der Waals surface area contributed by atoms with Gasteiger partial charge < -0.3 is 4.74 Å². The third kappa shape index (κ3) is 5.49. The highest BCUT2D eigenvalue weighted by Crippen LogP contribution is 2.33. The quantitative estimate of drug-likeness (QED) is 0.552. The minimum atomic E-state index is -4.46. The molecule has 0 aromatic heterocycles. The maximum atomic E-state index is 13.2. The van der Waals surface area contributed by atoms with Gasteiger partial charge in [-0.2, -0.15) is 13.2 Å². The van der Waals surface area contributed by atoms with E-state index < -0.39 is 17.3 Å². The lowest BCUT2D eigenvalue weighted by atomic mass is 10.1. The van der Waals surface area contributed by atoms with E-state index >= 15 is 0 Å². The van der Waals surface area contributed by atoms with Crippen LogP contribution in [0.5, 0.6) is 5.75 Å². The van der Waals surface area contributed by atoms with E-state index in [0.717, 1.165) is 24.3 Å². The summed E-state index contributed by atoms with van der Waals surface area (Å²) in [6, 6.07) is 11.4. The molecule has 1 aliphatic heterocycles. The standard InChI is InChI=1S/C21H20ClF3N2O2S/c1-20(2,29-17-9-7-15(22)8-10-17)18(28)27-11-4-12-30-19(27)26-16-6-3-5-14(13-16)21(23,24)25/h3,5-10,13H,4,11-12H2,1-2H3. The maximum Gasteiger partial charge on any atom is 0.416 e. The lowest BCUT2D eigenvalue weighted by Crippen LogP contribution is -2.52. The molecule has 0 radical (unpaired) electrons. The number of hydrogen-bond acceptors (Lipinski definition) is 4. The van der Waals surface area contributed by atoms with Gasteiger partial charge in [0.2, 0.25) is 0 Å². The molecule has 0 bridgehead atoms. The summed E-state index contributed by atoms with van der Waals surface area (Å²) in [5.74, 6) is 0.884. The van der Waals surface area contributed by atoms with Crippen molar-refractivity contribution in [3.63, 3.8) is 0 Å². The molecule has 1 fully saturated rings. The van der Waals surface area contributed by atoms with Crippen LogP contribution in [0.15, 0.2) is 53.5 Å². The number of benzene rings is 2. The smallest absolute Gasteiger partial charge is 0.416 e. The molecule has 0 N–H and O–H groups in total. The van der Waals surface area contributed by atoms with Crippen LogP contribution in [0.25, 0.3) is 0 Å². The van der Waals surface area contributed by atoms with Crippen molar-refractivity contribution >= 4 is 40.1 Å². The minimum Gasteiger partial charge on any atom is -0.478 e. The highest BCUT2D eigenvalue weighted by molar-refractivity contribution is 8.13. The van der Waals surface area contributed by atoms with Gasteiger partial charge in [0.25, 0.3) is 5.91 Å². The highest BCUT2D eigenvalue weighted by Gasteiger charge is 2.38. The Hall–Kier alpha value is -2.19. The van der Waals surface area contributed by atoms with Crippen LogP contribution in [0.4, 0.5) is 18.9 Å². The Balaban J connectivity index is 1.85. The number of carbonyl (C=O) groups excluding carboxylic acids is 1. The Morgan fingerprint density at radius 1 is 1.17 bits per heavy atom. The fourth-order valence-electron chi connectivity index (χ4n) is 2.87. The summed E-state index contributed by atoms with van der Waals surface area (Å²) in [7, 11) is 0. The summed E-state index contributed by atoms with van der Waals surface area (Å²) in [5, 5.41) is 0.910. The molecule has 1 amide bonds. The summed E-state index contributed by atoms with van der Waals surface area (Å²) < 4.78 is 44.9. The first-order valence-electron chi connectivity index (χ1n) is 9.21. The van der Waals surface area contributed by atoms with E-state index in [1.165, 1.54) is 28.8 Å². The van der Waals surface area contributed by atoms with Crippen LogP contribution in [-0.4, -0.2) is 33.9 Å². The molecule has 0 aliphatic carbocycles. The second-order valence-electron chi connectivity index (χ2n) is 7.17. The van der Waals surface area contributed by atoms with Gasteiger partial charge in [-0.25, -0.2) is 4.99 Å². The van der Waals surface area contributed by atoms with Gasteiger partial charge in [0, 0.05) is 17.3 Å². The molecule has 30 heavy (non-hydrogen) atoms. The Bertz CT molecular complexity index is 946. The molecule has 1 heterocycles. The van der Waals surface area contributed by atoms with Crippen molar-refractivity contribution in [1.82, 2.24) is 4.90 Å². The molecular formula is C21H20ClF3N2O2S. The number of hydrogen-bond donors (Lipinski definition) is 0. The van der Waals surface area contributed by atoms with Crippen molar-refractivity contribution in [2.45, 2.75) is 32.0 Å². The first-order chi connectivity index (χ1) is 14.1. The molecule has 2 aromatic carbocycles. The zero-order chi connectivity index (χ0) is 21.9. The van der Waals surface area contributed by atoms with Crippen LogP contribution < -0.4 is 4.74 Å². The predicted octanol–water partition coefficient (Wildman–Crippen LogP) is 6.17. The van der Waals surface area contributed by atoms with E-state index in [4.69, 9.17) is 16.3 Å². The summed E-state index contributed by atoms with van der Waals surface area (Å²) in [6.07, 6.45) is -3.71. The van der Waals surface area contributed by atoms with E-state index in [1.54, 1.807) is 38.1 Å². The van der Waals surface area contributed by atoms with Crippen LogP contribution in [0.3, 0.4) is 0 Å². The number of aliphatic imine (C=N–C) groups is 1. The van der Waals surface area contributed by atoms with Crippen LogP contribution in [0.2, 0.25) is 5.02 Å². The number of rotatable bonds is 4. The molecule has 0 saturated carbocycles. The molecule has 0 unspecified atom stereocenters. The first-order valence-corrected chi connectivity index (χ1v) is 10.6. The third-order valence-electron chi connectivity index (χ3n) is 4.33.